The van der Waals surface area contributed by atoms with Crippen LogP contribution in [0, 0.1) is 17.5 Å². The van der Waals surface area contributed by atoms with Crippen LogP contribution in [0.3, 0.4) is 0 Å². The molecule has 1 nitrogen and oxygen atoms in total. The Morgan fingerprint density at radius 1 is 1.00 bits per heavy atom. The molecular weight excluding hydrogens is 271 g/mol. The lowest BCUT2D eigenvalue weighted by atomic mass is 10.2. The van der Waals surface area contributed by atoms with E-state index in [0.717, 1.165) is 17.8 Å². The van der Waals surface area contributed by atoms with E-state index in [1.807, 2.05) is 0 Å². The fourth-order valence-electron chi connectivity index (χ4n) is 1.66. The molecule has 0 aliphatic rings. The van der Waals surface area contributed by atoms with Gasteiger partial charge in [0.05, 0.1) is 0 Å². The summed E-state index contributed by atoms with van der Waals surface area (Å²) in [5.74, 6) is -1.62. The molecule has 0 fully saturated rings. The molecule has 0 amide bonds. The van der Waals surface area contributed by atoms with E-state index in [-0.39, 0.29) is 10.7 Å². The van der Waals surface area contributed by atoms with E-state index in [1.165, 1.54) is 18.2 Å². The predicted molar refractivity (Wildman–Crippen MR) is 69.6 cm³/mol. The number of benzene rings is 2. The van der Waals surface area contributed by atoms with Crippen LogP contribution >= 0.6 is 11.8 Å². The summed E-state index contributed by atoms with van der Waals surface area (Å²) in [6.07, 6.45) is 0. The van der Waals surface area contributed by atoms with Crippen molar-refractivity contribution in [3.63, 3.8) is 0 Å². The molecule has 0 bridgehead atoms. The Balaban J connectivity index is 2.35. The van der Waals surface area contributed by atoms with Gasteiger partial charge in [-0.1, -0.05) is 17.8 Å². The van der Waals surface area contributed by atoms with Crippen LogP contribution in [0.25, 0.3) is 0 Å². The summed E-state index contributed by atoms with van der Waals surface area (Å²) in [5, 5.41) is 2.87. The van der Waals surface area contributed by atoms with Gasteiger partial charge < -0.3 is 5.32 Å². The fraction of sp³-hybridized carbons (Fsp3) is 0.143. The van der Waals surface area contributed by atoms with Crippen molar-refractivity contribution < 1.29 is 13.2 Å². The van der Waals surface area contributed by atoms with Gasteiger partial charge in [0.15, 0.2) is 0 Å². The second-order valence-electron chi connectivity index (χ2n) is 3.92. The number of halogens is 3. The lowest BCUT2D eigenvalue weighted by Gasteiger charge is -2.10. The first-order valence-corrected chi connectivity index (χ1v) is 6.48. The largest absolute Gasteiger partial charge is 0.316 e. The summed E-state index contributed by atoms with van der Waals surface area (Å²) in [7, 11) is 1.71. The molecule has 0 unspecified atom stereocenters. The second kappa shape index (κ2) is 6.12. The standard InChI is InChI=1S/C14H12F3NS/c1-18-8-10-11(16)3-2-4-13(10)19-14-6-5-9(15)7-12(14)17/h2-7,18H,8H2,1H3. The zero-order valence-corrected chi connectivity index (χ0v) is 11.0. The first-order chi connectivity index (χ1) is 9.11. The highest BCUT2D eigenvalue weighted by molar-refractivity contribution is 7.99. The Morgan fingerprint density at radius 3 is 2.47 bits per heavy atom. The maximum absolute atomic E-state index is 13.7. The molecule has 1 N–H and O–H groups in total. The van der Waals surface area contributed by atoms with Gasteiger partial charge in [-0.3, -0.25) is 0 Å². The van der Waals surface area contributed by atoms with Gasteiger partial charge >= 0.3 is 0 Å². The van der Waals surface area contributed by atoms with E-state index >= 15 is 0 Å². The summed E-state index contributed by atoms with van der Waals surface area (Å²) in [5.41, 5.74) is 0.471. The van der Waals surface area contributed by atoms with Crippen molar-refractivity contribution in [1.29, 1.82) is 0 Å². The van der Waals surface area contributed by atoms with Crippen molar-refractivity contribution in [2.75, 3.05) is 7.05 Å². The Labute approximate surface area is 113 Å². The van der Waals surface area contributed by atoms with Crippen molar-refractivity contribution in [2.24, 2.45) is 0 Å². The average Bonchev–Trinajstić information content (AvgIpc) is 2.37. The van der Waals surface area contributed by atoms with Crippen LogP contribution in [-0.2, 0) is 6.54 Å². The van der Waals surface area contributed by atoms with E-state index in [1.54, 1.807) is 19.2 Å². The van der Waals surface area contributed by atoms with Gasteiger partial charge in [-0.05, 0) is 31.3 Å². The summed E-state index contributed by atoms with van der Waals surface area (Å²) in [6.45, 7) is 0.345. The normalized spacial score (nSPS) is 10.7. The third-order valence-electron chi connectivity index (χ3n) is 2.54. The van der Waals surface area contributed by atoms with Crippen molar-refractivity contribution in [2.45, 2.75) is 16.3 Å². The Kier molecular flexibility index (Phi) is 4.50. The SMILES string of the molecule is CNCc1c(F)cccc1Sc1ccc(F)cc1F. The minimum atomic E-state index is -0.648. The summed E-state index contributed by atoms with van der Waals surface area (Å²) >= 11 is 1.08. The maximum atomic E-state index is 13.7. The minimum absolute atomic E-state index is 0.268. The summed E-state index contributed by atoms with van der Waals surface area (Å²) < 4.78 is 40.1. The molecule has 19 heavy (non-hydrogen) atoms. The van der Waals surface area contributed by atoms with Crippen molar-refractivity contribution in [1.82, 2.24) is 5.32 Å². The van der Waals surface area contributed by atoms with Gasteiger partial charge in [-0.2, -0.15) is 0 Å². The van der Waals surface area contributed by atoms with Gasteiger partial charge in [-0.25, -0.2) is 13.2 Å². The Morgan fingerprint density at radius 2 is 1.79 bits per heavy atom. The van der Waals surface area contributed by atoms with Gasteiger partial charge in [0.1, 0.15) is 17.5 Å². The van der Waals surface area contributed by atoms with Crippen LogP contribution < -0.4 is 5.32 Å². The van der Waals surface area contributed by atoms with Gasteiger partial charge in [0.2, 0.25) is 0 Å². The molecular formula is C14H12F3NS. The minimum Gasteiger partial charge on any atom is -0.316 e. The van der Waals surface area contributed by atoms with E-state index in [9.17, 15) is 13.2 Å². The highest BCUT2D eigenvalue weighted by Gasteiger charge is 2.11. The van der Waals surface area contributed by atoms with Crippen LogP contribution in [0.15, 0.2) is 46.2 Å². The van der Waals surface area contributed by atoms with Crippen molar-refractivity contribution in [3.8, 4) is 0 Å². The second-order valence-corrected chi connectivity index (χ2v) is 5.01. The first-order valence-electron chi connectivity index (χ1n) is 5.66. The van der Waals surface area contributed by atoms with Crippen LogP contribution in [0.1, 0.15) is 5.56 Å². The predicted octanol–water partition coefficient (Wildman–Crippen LogP) is 3.97. The summed E-state index contributed by atoms with van der Waals surface area (Å²) in [6, 6.07) is 7.99. The fourth-order valence-corrected chi connectivity index (χ4v) is 2.63. The molecule has 0 heterocycles. The average molecular weight is 283 g/mol. The molecule has 0 radical (unpaired) electrons. The van der Waals surface area contributed by atoms with Gasteiger partial charge in [-0.15, -0.1) is 0 Å². The van der Waals surface area contributed by atoms with Crippen LogP contribution in [0.5, 0.6) is 0 Å². The van der Waals surface area contributed by atoms with Gasteiger partial charge in [0, 0.05) is 28.0 Å². The van der Waals surface area contributed by atoms with Crippen LogP contribution in [0.4, 0.5) is 13.2 Å². The van der Waals surface area contributed by atoms with Gasteiger partial charge in [0.25, 0.3) is 0 Å². The molecule has 0 aliphatic carbocycles. The smallest absolute Gasteiger partial charge is 0.140 e. The van der Waals surface area contributed by atoms with Crippen molar-refractivity contribution >= 4 is 11.8 Å². The maximum Gasteiger partial charge on any atom is 0.140 e. The molecule has 0 saturated carbocycles. The van der Waals surface area contributed by atoms with Crippen molar-refractivity contribution in [3.05, 3.63) is 59.4 Å². The Hall–Kier alpha value is -1.46. The molecule has 2 rings (SSSR count). The highest BCUT2D eigenvalue weighted by atomic mass is 32.2. The van der Waals surface area contributed by atoms with Crippen LogP contribution in [-0.4, -0.2) is 7.05 Å². The third kappa shape index (κ3) is 3.30. The molecule has 5 heteroatoms. The molecule has 0 atom stereocenters. The first kappa shape index (κ1) is 14.0. The zero-order valence-electron chi connectivity index (χ0n) is 10.2. The van der Waals surface area contributed by atoms with E-state index in [4.69, 9.17) is 0 Å². The highest BCUT2D eigenvalue weighted by Crippen LogP contribution is 2.33. The Bertz CT molecular complexity index is 587. The lowest BCUT2D eigenvalue weighted by Crippen LogP contribution is -2.08. The monoisotopic (exact) mass is 283 g/mol. The molecule has 0 spiro atoms. The quantitative estimate of drug-likeness (QED) is 0.911. The van der Waals surface area contributed by atoms with E-state index in [2.05, 4.69) is 5.32 Å². The molecule has 2 aromatic rings. The number of nitrogens with one attached hydrogen (secondary N) is 1. The number of rotatable bonds is 4. The molecule has 2 aromatic carbocycles. The number of hydrogen-bond donors (Lipinski definition) is 1. The molecule has 0 aliphatic heterocycles. The molecule has 0 saturated heterocycles. The number of hydrogen-bond acceptors (Lipinski definition) is 2. The van der Waals surface area contributed by atoms with E-state index in [0.29, 0.717) is 17.0 Å². The third-order valence-corrected chi connectivity index (χ3v) is 3.70. The lowest BCUT2D eigenvalue weighted by molar-refractivity contribution is 0.565. The summed E-state index contributed by atoms with van der Waals surface area (Å²) in [4.78, 5) is 0.879. The molecule has 0 aromatic heterocycles. The van der Waals surface area contributed by atoms with Crippen LogP contribution in [0.2, 0.25) is 0 Å². The molecule has 100 valence electrons. The van der Waals surface area contributed by atoms with E-state index < -0.39 is 11.6 Å². The zero-order chi connectivity index (χ0) is 13.8. The topological polar surface area (TPSA) is 12.0 Å².